The quantitative estimate of drug-likeness (QED) is 0.526. The van der Waals surface area contributed by atoms with Gasteiger partial charge >= 0.3 is 5.97 Å². The minimum Gasteiger partial charge on any atom is -0.458 e. The maximum absolute atomic E-state index is 11.3. The molecule has 15 heavy (non-hydrogen) atoms. The monoisotopic (exact) mass is 210 g/mol. The smallest absolute Gasteiger partial charge is 0.306 e. The number of rotatable bonds is 3. The van der Waals surface area contributed by atoms with Crippen molar-refractivity contribution in [3.05, 3.63) is 11.6 Å². The molecule has 2 nitrogen and oxygen atoms in total. The van der Waals surface area contributed by atoms with Crippen LogP contribution in [0, 0.1) is 5.92 Å². The Morgan fingerprint density at radius 2 is 2.27 bits per heavy atom. The molecule has 0 heterocycles. The molecule has 1 aliphatic carbocycles. The van der Waals surface area contributed by atoms with Crippen molar-refractivity contribution >= 4 is 5.97 Å². The normalized spacial score (nSPS) is 24.5. The van der Waals surface area contributed by atoms with E-state index in [0.717, 1.165) is 12.8 Å². The molecule has 1 fully saturated rings. The average Bonchev–Trinajstić information content (AvgIpc) is 2.20. The Bertz CT molecular complexity index is 241. The van der Waals surface area contributed by atoms with Crippen molar-refractivity contribution in [2.24, 2.45) is 5.92 Å². The molecule has 0 bridgehead atoms. The molecule has 0 aliphatic heterocycles. The molecular weight excluding hydrogens is 188 g/mol. The van der Waals surface area contributed by atoms with E-state index >= 15 is 0 Å². The second-order valence-electron chi connectivity index (χ2n) is 4.56. The third kappa shape index (κ3) is 4.06. The Hall–Kier alpha value is -0.790. The molecule has 0 amide bonds. The lowest BCUT2D eigenvalue weighted by Gasteiger charge is -2.26. The first kappa shape index (κ1) is 12.3. The lowest BCUT2D eigenvalue weighted by molar-refractivity contribution is -0.147. The fraction of sp³-hybridized carbons (Fsp3) is 0.769. The minimum atomic E-state index is -0.0726. The lowest BCUT2D eigenvalue weighted by atomic mass is 9.90. The van der Waals surface area contributed by atoms with Crippen molar-refractivity contribution < 1.29 is 9.53 Å². The van der Waals surface area contributed by atoms with Crippen molar-refractivity contribution in [2.75, 3.05) is 0 Å². The van der Waals surface area contributed by atoms with Crippen molar-refractivity contribution in [1.29, 1.82) is 0 Å². The van der Waals surface area contributed by atoms with E-state index in [9.17, 15) is 4.79 Å². The highest BCUT2D eigenvalue weighted by Crippen LogP contribution is 2.27. The number of carbonyl (C=O) groups is 1. The predicted octanol–water partition coefficient (Wildman–Crippen LogP) is 3.46. The van der Waals surface area contributed by atoms with E-state index < -0.39 is 0 Å². The predicted molar refractivity (Wildman–Crippen MR) is 61.6 cm³/mol. The van der Waals surface area contributed by atoms with Gasteiger partial charge in [0.2, 0.25) is 0 Å². The van der Waals surface area contributed by atoms with E-state index in [1.807, 2.05) is 6.92 Å². The van der Waals surface area contributed by atoms with E-state index in [2.05, 4.69) is 19.9 Å². The molecule has 0 N–H and O–H groups in total. The van der Waals surface area contributed by atoms with E-state index in [1.54, 1.807) is 0 Å². The third-order valence-electron chi connectivity index (χ3n) is 2.71. The number of allylic oxidation sites excluding steroid dienone is 1. The summed E-state index contributed by atoms with van der Waals surface area (Å²) < 4.78 is 5.45. The van der Waals surface area contributed by atoms with Crippen molar-refractivity contribution in [3.63, 3.8) is 0 Å². The zero-order chi connectivity index (χ0) is 11.3. The van der Waals surface area contributed by atoms with Crippen LogP contribution in [-0.4, -0.2) is 12.1 Å². The summed E-state index contributed by atoms with van der Waals surface area (Å²) in [4.78, 5) is 11.3. The molecule has 0 aromatic carbocycles. The molecule has 0 aromatic rings. The summed E-state index contributed by atoms with van der Waals surface area (Å²) in [5.41, 5.74) is 1.33. The number of esters is 1. The Kier molecular flexibility index (Phi) is 4.86. The van der Waals surface area contributed by atoms with Crippen LogP contribution in [0.15, 0.2) is 11.6 Å². The molecule has 0 aromatic heterocycles. The summed E-state index contributed by atoms with van der Waals surface area (Å²) in [7, 11) is 0. The minimum absolute atomic E-state index is 0.0635. The third-order valence-corrected chi connectivity index (χ3v) is 2.71. The highest BCUT2D eigenvalue weighted by atomic mass is 16.5. The first-order valence-corrected chi connectivity index (χ1v) is 6.03. The molecule has 2 heteroatoms. The summed E-state index contributed by atoms with van der Waals surface area (Å²) in [6.07, 6.45) is 7.31. The second kappa shape index (κ2) is 5.94. The highest BCUT2D eigenvalue weighted by Gasteiger charge is 2.21. The molecular formula is C13H22O2. The Morgan fingerprint density at radius 3 is 2.87 bits per heavy atom. The van der Waals surface area contributed by atoms with Crippen LogP contribution in [0.25, 0.3) is 0 Å². The van der Waals surface area contributed by atoms with Gasteiger partial charge in [-0.25, -0.2) is 0 Å². The molecule has 1 atom stereocenters. The first-order valence-electron chi connectivity index (χ1n) is 6.03. The molecule has 0 saturated heterocycles. The van der Waals surface area contributed by atoms with E-state index in [4.69, 9.17) is 4.74 Å². The van der Waals surface area contributed by atoms with Crippen molar-refractivity contribution in [3.8, 4) is 0 Å². The topological polar surface area (TPSA) is 26.3 Å². The van der Waals surface area contributed by atoms with E-state index in [-0.39, 0.29) is 12.1 Å². The molecule has 1 rings (SSSR count). The summed E-state index contributed by atoms with van der Waals surface area (Å²) >= 11 is 0. The molecule has 0 spiro atoms. The van der Waals surface area contributed by atoms with Gasteiger partial charge in [0.25, 0.3) is 0 Å². The maximum atomic E-state index is 11.3. The van der Waals surface area contributed by atoms with Crippen LogP contribution in [0.5, 0.6) is 0 Å². The molecule has 1 unspecified atom stereocenters. The molecule has 0 radical (unpaired) electrons. The summed E-state index contributed by atoms with van der Waals surface area (Å²) in [6, 6.07) is 0. The maximum Gasteiger partial charge on any atom is 0.306 e. The van der Waals surface area contributed by atoms with Crippen LogP contribution in [0.4, 0.5) is 0 Å². The van der Waals surface area contributed by atoms with Gasteiger partial charge in [-0.3, -0.25) is 4.79 Å². The van der Waals surface area contributed by atoms with Crippen LogP contribution in [0.2, 0.25) is 0 Å². The van der Waals surface area contributed by atoms with Gasteiger partial charge in [0.1, 0.15) is 6.10 Å². The fourth-order valence-corrected chi connectivity index (χ4v) is 2.00. The van der Waals surface area contributed by atoms with Crippen LogP contribution < -0.4 is 0 Å². The van der Waals surface area contributed by atoms with E-state index in [0.29, 0.717) is 12.3 Å². The summed E-state index contributed by atoms with van der Waals surface area (Å²) in [5, 5.41) is 0. The van der Waals surface area contributed by atoms with Gasteiger partial charge in [-0.15, -0.1) is 0 Å². The van der Waals surface area contributed by atoms with Gasteiger partial charge in [0.05, 0.1) is 0 Å². The zero-order valence-electron chi connectivity index (χ0n) is 10.1. The standard InChI is InChI=1S/C13H22O2/c1-4-13(14)15-12-8-6-5-7-11(12)9-10(2)3/h9-10,12H,4-8H2,1-3H3. The average molecular weight is 210 g/mol. The Morgan fingerprint density at radius 1 is 1.53 bits per heavy atom. The second-order valence-corrected chi connectivity index (χ2v) is 4.56. The first-order chi connectivity index (χ1) is 7.13. The van der Waals surface area contributed by atoms with Gasteiger partial charge in [-0.05, 0) is 37.2 Å². The highest BCUT2D eigenvalue weighted by molar-refractivity contribution is 5.69. The largest absolute Gasteiger partial charge is 0.458 e. The Labute approximate surface area is 92.7 Å². The van der Waals surface area contributed by atoms with Crippen LogP contribution in [0.1, 0.15) is 52.9 Å². The number of hydrogen-bond acceptors (Lipinski definition) is 2. The summed E-state index contributed by atoms with van der Waals surface area (Å²) in [6.45, 7) is 6.18. The zero-order valence-corrected chi connectivity index (χ0v) is 10.1. The molecule has 1 saturated carbocycles. The number of ether oxygens (including phenoxy) is 1. The SMILES string of the molecule is CCC(=O)OC1CCCCC1=CC(C)C. The van der Waals surface area contributed by atoms with Gasteiger partial charge in [0.15, 0.2) is 0 Å². The van der Waals surface area contributed by atoms with Gasteiger partial charge < -0.3 is 4.74 Å². The van der Waals surface area contributed by atoms with Gasteiger partial charge in [0, 0.05) is 6.42 Å². The fourth-order valence-electron chi connectivity index (χ4n) is 2.00. The molecule has 1 aliphatic rings. The van der Waals surface area contributed by atoms with Crippen molar-refractivity contribution in [1.82, 2.24) is 0 Å². The Balaban J connectivity index is 2.61. The van der Waals surface area contributed by atoms with Gasteiger partial charge in [-0.2, -0.15) is 0 Å². The van der Waals surface area contributed by atoms with Gasteiger partial charge in [-0.1, -0.05) is 26.8 Å². The van der Waals surface area contributed by atoms with Crippen LogP contribution in [0.3, 0.4) is 0 Å². The lowest BCUT2D eigenvalue weighted by Crippen LogP contribution is -2.23. The summed E-state index contributed by atoms with van der Waals surface area (Å²) in [5.74, 6) is 0.470. The number of carbonyl (C=O) groups excluding carboxylic acids is 1. The molecule has 86 valence electrons. The number of hydrogen-bond donors (Lipinski definition) is 0. The van der Waals surface area contributed by atoms with Crippen molar-refractivity contribution in [2.45, 2.75) is 59.0 Å². The van der Waals surface area contributed by atoms with E-state index in [1.165, 1.54) is 18.4 Å². The van der Waals surface area contributed by atoms with Crippen LogP contribution in [-0.2, 0) is 9.53 Å². The van der Waals surface area contributed by atoms with Crippen LogP contribution >= 0.6 is 0 Å².